The third-order valence-corrected chi connectivity index (χ3v) is 4.01. The van der Waals surface area contributed by atoms with Crippen LogP contribution in [0.5, 0.6) is 5.75 Å². The highest BCUT2D eigenvalue weighted by atomic mass is 79.9. The number of nitro benzene ring substituents is 1. The van der Waals surface area contributed by atoms with Crippen LogP contribution in [-0.4, -0.2) is 24.6 Å². The molecule has 1 aromatic rings. The first-order valence-corrected chi connectivity index (χ1v) is 7.13. The molecular weight excluding hydrogens is 368 g/mol. The number of nitrogens with one attached hydrogen (secondary N) is 1. The molecule has 0 unspecified atom stereocenters. The van der Waals surface area contributed by atoms with Gasteiger partial charge in [-0.1, -0.05) is 0 Å². The minimum absolute atomic E-state index is 0.0318. The van der Waals surface area contributed by atoms with E-state index in [4.69, 9.17) is 4.74 Å². The van der Waals surface area contributed by atoms with Gasteiger partial charge in [-0.2, -0.15) is 0 Å². The molecular formula is C11H12Br2N2O3. The molecule has 2 rings (SSSR count). The Hall–Kier alpha value is -0.660. The van der Waals surface area contributed by atoms with Gasteiger partial charge in [-0.05, 0) is 57.3 Å². The summed E-state index contributed by atoms with van der Waals surface area (Å²) in [5, 5.41) is 13.9. The van der Waals surface area contributed by atoms with Crippen LogP contribution in [0.4, 0.5) is 5.69 Å². The lowest BCUT2D eigenvalue weighted by atomic mass is 10.0. The van der Waals surface area contributed by atoms with Crippen LogP contribution in [0.15, 0.2) is 21.1 Å². The van der Waals surface area contributed by atoms with Crippen molar-refractivity contribution in [2.75, 3.05) is 19.7 Å². The number of ether oxygens (including phenoxy) is 1. The Morgan fingerprint density at radius 1 is 1.39 bits per heavy atom. The minimum Gasteiger partial charge on any atom is -0.491 e. The van der Waals surface area contributed by atoms with Gasteiger partial charge in [0.1, 0.15) is 5.75 Å². The van der Waals surface area contributed by atoms with Crippen LogP contribution in [-0.2, 0) is 0 Å². The maximum Gasteiger partial charge on any atom is 0.271 e. The van der Waals surface area contributed by atoms with Crippen LogP contribution < -0.4 is 10.1 Å². The zero-order valence-corrected chi connectivity index (χ0v) is 12.7. The van der Waals surface area contributed by atoms with Gasteiger partial charge < -0.3 is 10.1 Å². The van der Waals surface area contributed by atoms with E-state index in [0.29, 0.717) is 27.2 Å². The van der Waals surface area contributed by atoms with E-state index in [1.807, 2.05) is 0 Å². The Labute approximate surface area is 121 Å². The molecule has 1 saturated heterocycles. The van der Waals surface area contributed by atoms with Gasteiger partial charge in [-0.3, -0.25) is 10.1 Å². The molecule has 5 nitrogen and oxygen atoms in total. The van der Waals surface area contributed by atoms with Crippen LogP contribution in [0, 0.1) is 16.0 Å². The van der Waals surface area contributed by atoms with Crippen molar-refractivity contribution in [2.45, 2.75) is 6.42 Å². The fourth-order valence-corrected chi connectivity index (χ4v) is 3.06. The zero-order chi connectivity index (χ0) is 13.1. The molecule has 0 amide bonds. The Morgan fingerprint density at radius 2 is 2.00 bits per heavy atom. The van der Waals surface area contributed by atoms with Gasteiger partial charge in [0.15, 0.2) is 0 Å². The second-order valence-electron chi connectivity index (χ2n) is 4.16. The van der Waals surface area contributed by atoms with E-state index in [1.165, 1.54) is 12.1 Å². The summed E-state index contributed by atoms with van der Waals surface area (Å²) < 4.78 is 6.85. The Bertz CT molecular complexity index is 441. The molecule has 0 saturated carbocycles. The van der Waals surface area contributed by atoms with Gasteiger partial charge in [-0.25, -0.2) is 0 Å². The summed E-state index contributed by atoms with van der Waals surface area (Å²) >= 11 is 6.59. The number of non-ortho nitro benzene ring substituents is 1. The van der Waals surface area contributed by atoms with Gasteiger partial charge in [0.05, 0.1) is 20.5 Å². The Kier molecular flexibility index (Phi) is 4.58. The van der Waals surface area contributed by atoms with E-state index >= 15 is 0 Å². The standard InChI is InChI=1S/C11H12Br2N2O3/c12-9-3-8(15(16)17)4-10(13)11(9)18-2-1-7-5-14-6-7/h3-4,7,14H,1-2,5-6H2. The van der Waals surface area contributed by atoms with Crippen LogP contribution in [0.25, 0.3) is 0 Å². The molecule has 1 aliphatic rings. The largest absolute Gasteiger partial charge is 0.491 e. The molecule has 0 bridgehead atoms. The second-order valence-corrected chi connectivity index (χ2v) is 5.87. The Morgan fingerprint density at radius 3 is 2.44 bits per heavy atom. The highest BCUT2D eigenvalue weighted by molar-refractivity contribution is 9.11. The number of halogens is 2. The second kappa shape index (κ2) is 5.99. The molecule has 1 fully saturated rings. The highest BCUT2D eigenvalue weighted by Crippen LogP contribution is 2.37. The predicted octanol–water partition coefficient (Wildman–Crippen LogP) is 3.11. The fourth-order valence-electron chi connectivity index (χ4n) is 1.67. The molecule has 1 N–H and O–H groups in total. The van der Waals surface area contributed by atoms with Gasteiger partial charge in [0.2, 0.25) is 0 Å². The smallest absolute Gasteiger partial charge is 0.271 e. The summed E-state index contributed by atoms with van der Waals surface area (Å²) in [4.78, 5) is 10.3. The molecule has 0 spiro atoms. The normalized spacial score (nSPS) is 15.2. The van der Waals surface area contributed by atoms with E-state index < -0.39 is 4.92 Å². The lowest BCUT2D eigenvalue weighted by Gasteiger charge is -2.26. The van der Waals surface area contributed by atoms with Crippen LogP contribution >= 0.6 is 31.9 Å². The summed E-state index contributed by atoms with van der Waals surface area (Å²) in [5.74, 6) is 1.30. The first-order valence-electron chi connectivity index (χ1n) is 5.55. The van der Waals surface area contributed by atoms with E-state index in [-0.39, 0.29) is 5.69 Å². The summed E-state index contributed by atoms with van der Waals surface area (Å²) in [6.45, 7) is 2.71. The molecule has 0 atom stereocenters. The number of nitro groups is 1. The first kappa shape index (κ1) is 13.8. The van der Waals surface area contributed by atoms with Gasteiger partial charge >= 0.3 is 0 Å². The van der Waals surface area contributed by atoms with Crippen molar-refractivity contribution >= 4 is 37.5 Å². The van der Waals surface area contributed by atoms with E-state index in [1.54, 1.807) is 0 Å². The molecule has 98 valence electrons. The topological polar surface area (TPSA) is 64.4 Å². The first-order chi connectivity index (χ1) is 8.58. The van der Waals surface area contributed by atoms with Crippen LogP contribution in [0.2, 0.25) is 0 Å². The summed E-state index contributed by atoms with van der Waals surface area (Å²) in [6, 6.07) is 2.90. The fraction of sp³-hybridized carbons (Fsp3) is 0.455. The van der Waals surface area contributed by atoms with Gasteiger partial charge in [0, 0.05) is 12.1 Å². The van der Waals surface area contributed by atoms with E-state index in [9.17, 15) is 10.1 Å². The quantitative estimate of drug-likeness (QED) is 0.630. The van der Waals surface area contributed by atoms with Crippen molar-refractivity contribution in [2.24, 2.45) is 5.92 Å². The van der Waals surface area contributed by atoms with Gasteiger partial charge in [-0.15, -0.1) is 0 Å². The predicted molar refractivity (Wildman–Crippen MR) is 75.0 cm³/mol. The van der Waals surface area contributed by atoms with Crippen molar-refractivity contribution < 1.29 is 9.66 Å². The van der Waals surface area contributed by atoms with Crippen LogP contribution in [0.1, 0.15) is 6.42 Å². The minimum atomic E-state index is -0.431. The molecule has 0 radical (unpaired) electrons. The third-order valence-electron chi connectivity index (χ3n) is 2.83. The van der Waals surface area contributed by atoms with Crippen molar-refractivity contribution in [3.8, 4) is 5.75 Å². The molecule has 1 heterocycles. The average Bonchev–Trinajstić information content (AvgIpc) is 2.24. The number of hydrogen-bond acceptors (Lipinski definition) is 4. The summed E-state index contributed by atoms with van der Waals surface area (Å²) in [7, 11) is 0. The molecule has 7 heteroatoms. The summed E-state index contributed by atoms with van der Waals surface area (Å²) in [6.07, 6.45) is 0.989. The lowest BCUT2D eigenvalue weighted by Crippen LogP contribution is -2.42. The van der Waals surface area contributed by atoms with Crippen molar-refractivity contribution in [1.82, 2.24) is 5.32 Å². The lowest BCUT2D eigenvalue weighted by molar-refractivity contribution is -0.385. The van der Waals surface area contributed by atoms with Gasteiger partial charge in [0.25, 0.3) is 5.69 Å². The third kappa shape index (κ3) is 3.21. The monoisotopic (exact) mass is 378 g/mol. The van der Waals surface area contributed by atoms with Crippen LogP contribution in [0.3, 0.4) is 0 Å². The number of hydrogen-bond donors (Lipinski definition) is 1. The van der Waals surface area contributed by atoms with Crippen molar-refractivity contribution in [3.63, 3.8) is 0 Å². The van der Waals surface area contributed by atoms with Crippen molar-refractivity contribution in [1.29, 1.82) is 0 Å². The molecule has 1 aromatic carbocycles. The molecule has 1 aliphatic heterocycles. The van der Waals surface area contributed by atoms with E-state index in [2.05, 4.69) is 37.2 Å². The number of nitrogens with zero attached hydrogens (tertiary/aromatic N) is 1. The maximum absolute atomic E-state index is 10.7. The molecule has 0 aromatic heterocycles. The number of benzene rings is 1. The van der Waals surface area contributed by atoms with Crippen molar-refractivity contribution in [3.05, 3.63) is 31.2 Å². The number of rotatable bonds is 5. The summed E-state index contributed by atoms with van der Waals surface area (Å²) in [5.41, 5.74) is 0.0318. The van der Waals surface area contributed by atoms with E-state index in [0.717, 1.165) is 19.5 Å². The average molecular weight is 380 g/mol. The SMILES string of the molecule is O=[N+]([O-])c1cc(Br)c(OCCC2CNC2)c(Br)c1. The highest BCUT2D eigenvalue weighted by Gasteiger charge is 2.18. The Balaban J connectivity index is 2.00. The maximum atomic E-state index is 10.7. The molecule has 18 heavy (non-hydrogen) atoms. The molecule has 0 aliphatic carbocycles. The zero-order valence-electron chi connectivity index (χ0n) is 9.49.